The molecule has 1 aromatic carbocycles. The van der Waals surface area contributed by atoms with Crippen molar-refractivity contribution in [3.05, 3.63) is 17.7 Å². The first-order valence-corrected chi connectivity index (χ1v) is 5.31. The SMILES string of the molecule is COc1cc(OC)c(C(=O)NN(C)C)cc1OC. The summed E-state index contributed by atoms with van der Waals surface area (Å²) in [5, 5.41) is 1.55. The number of methoxy groups -OCH3 is 3. The normalized spacial score (nSPS) is 10.1. The van der Waals surface area contributed by atoms with Crippen LogP contribution < -0.4 is 19.6 Å². The summed E-state index contributed by atoms with van der Waals surface area (Å²) in [6, 6.07) is 3.19. The molecule has 0 atom stereocenters. The van der Waals surface area contributed by atoms with Crippen molar-refractivity contribution < 1.29 is 19.0 Å². The fourth-order valence-electron chi connectivity index (χ4n) is 1.47. The minimum absolute atomic E-state index is 0.280. The van der Waals surface area contributed by atoms with E-state index in [1.54, 1.807) is 31.2 Å². The van der Waals surface area contributed by atoms with Crippen molar-refractivity contribution in [3.63, 3.8) is 0 Å². The summed E-state index contributed by atoms with van der Waals surface area (Å²) >= 11 is 0. The second-order valence-electron chi connectivity index (χ2n) is 3.74. The maximum atomic E-state index is 12.0. The molecule has 0 aromatic heterocycles. The number of carbonyl (C=O) groups excluding carboxylic acids is 1. The summed E-state index contributed by atoms with van der Waals surface area (Å²) in [5.41, 5.74) is 3.02. The first-order valence-electron chi connectivity index (χ1n) is 5.31. The van der Waals surface area contributed by atoms with Gasteiger partial charge in [-0.3, -0.25) is 10.2 Å². The number of ether oxygens (including phenoxy) is 3. The lowest BCUT2D eigenvalue weighted by Crippen LogP contribution is -2.36. The number of hydrogen-bond donors (Lipinski definition) is 1. The molecule has 0 aliphatic rings. The van der Waals surface area contributed by atoms with Crippen molar-refractivity contribution in [1.29, 1.82) is 0 Å². The second-order valence-corrected chi connectivity index (χ2v) is 3.74. The molecule has 0 saturated carbocycles. The molecule has 1 rings (SSSR count). The molecule has 6 heteroatoms. The molecule has 1 N–H and O–H groups in total. The molecule has 0 spiro atoms. The molecule has 0 bridgehead atoms. The van der Waals surface area contributed by atoms with Crippen molar-refractivity contribution in [2.24, 2.45) is 0 Å². The number of amides is 1. The number of hydrazine groups is 1. The molecule has 0 saturated heterocycles. The third kappa shape index (κ3) is 3.04. The fraction of sp³-hybridized carbons (Fsp3) is 0.417. The maximum absolute atomic E-state index is 12.0. The van der Waals surface area contributed by atoms with E-state index in [2.05, 4.69) is 5.43 Å². The van der Waals surface area contributed by atoms with Crippen LogP contribution in [0, 0.1) is 0 Å². The molecular weight excluding hydrogens is 236 g/mol. The average Bonchev–Trinajstić information content (AvgIpc) is 2.36. The summed E-state index contributed by atoms with van der Waals surface area (Å²) in [6.07, 6.45) is 0. The van der Waals surface area contributed by atoms with Crippen LogP contribution in [0.5, 0.6) is 17.2 Å². The van der Waals surface area contributed by atoms with Crippen molar-refractivity contribution in [2.45, 2.75) is 0 Å². The standard InChI is InChI=1S/C12H18N2O4/c1-14(2)13-12(15)8-6-10(17-4)11(18-5)7-9(8)16-3/h6-7H,1-5H3,(H,13,15). The number of nitrogens with one attached hydrogen (secondary N) is 1. The molecule has 0 aliphatic carbocycles. The molecule has 6 nitrogen and oxygen atoms in total. The number of nitrogens with zero attached hydrogens (tertiary/aromatic N) is 1. The highest BCUT2D eigenvalue weighted by molar-refractivity contribution is 5.97. The summed E-state index contributed by atoms with van der Waals surface area (Å²) in [5.74, 6) is 1.13. The lowest BCUT2D eigenvalue weighted by Gasteiger charge is -2.16. The van der Waals surface area contributed by atoms with Crippen molar-refractivity contribution in [1.82, 2.24) is 10.4 Å². The minimum Gasteiger partial charge on any atom is -0.496 e. The molecular formula is C12H18N2O4. The molecule has 1 amide bonds. The Morgan fingerprint density at radius 1 is 1.00 bits per heavy atom. The van der Waals surface area contributed by atoms with Gasteiger partial charge in [0.25, 0.3) is 5.91 Å². The van der Waals surface area contributed by atoms with Gasteiger partial charge in [-0.2, -0.15) is 0 Å². The fourth-order valence-corrected chi connectivity index (χ4v) is 1.47. The third-order valence-electron chi connectivity index (χ3n) is 2.28. The topological polar surface area (TPSA) is 60.0 Å². The largest absolute Gasteiger partial charge is 0.496 e. The van der Waals surface area contributed by atoms with Crippen LogP contribution in [0.4, 0.5) is 0 Å². The molecule has 0 unspecified atom stereocenters. The number of rotatable bonds is 5. The average molecular weight is 254 g/mol. The first kappa shape index (κ1) is 14.1. The Morgan fingerprint density at radius 2 is 1.50 bits per heavy atom. The van der Waals surface area contributed by atoms with Gasteiger partial charge < -0.3 is 14.2 Å². The Bertz CT molecular complexity index is 432. The lowest BCUT2D eigenvalue weighted by atomic mass is 10.1. The maximum Gasteiger partial charge on any atom is 0.269 e. The van der Waals surface area contributed by atoms with E-state index >= 15 is 0 Å². The van der Waals surface area contributed by atoms with Crippen LogP contribution in [0.25, 0.3) is 0 Å². The van der Waals surface area contributed by atoms with Crippen molar-refractivity contribution in [2.75, 3.05) is 35.4 Å². The van der Waals surface area contributed by atoms with Gasteiger partial charge in [-0.25, -0.2) is 5.01 Å². The Kier molecular flexibility index (Phi) is 4.79. The lowest BCUT2D eigenvalue weighted by molar-refractivity contribution is 0.0853. The monoisotopic (exact) mass is 254 g/mol. The van der Waals surface area contributed by atoms with E-state index in [0.717, 1.165) is 0 Å². The summed E-state index contributed by atoms with van der Waals surface area (Å²) in [6.45, 7) is 0. The van der Waals surface area contributed by atoms with E-state index in [-0.39, 0.29) is 5.91 Å². The Balaban J connectivity index is 3.20. The number of benzene rings is 1. The van der Waals surface area contributed by atoms with Gasteiger partial charge in [0.05, 0.1) is 26.9 Å². The van der Waals surface area contributed by atoms with E-state index in [9.17, 15) is 4.79 Å². The van der Waals surface area contributed by atoms with E-state index in [4.69, 9.17) is 14.2 Å². The van der Waals surface area contributed by atoms with Crippen LogP contribution in [0.15, 0.2) is 12.1 Å². The molecule has 0 aliphatic heterocycles. The Hall–Kier alpha value is -1.95. The highest BCUT2D eigenvalue weighted by Gasteiger charge is 2.17. The van der Waals surface area contributed by atoms with E-state index in [0.29, 0.717) is 22.8 Å². The van der Waals surface area contributed by atoms with Crippen LogP contribution in [-0.4, -0.2) is 46.3 Å². The van der Waals surface area contributed by atoms with Crippen LogP contribution in [0.2, 0.25) is 0 Å². The van der Waals surface area contributed by atoms with E-state index in [1.807, 2.05) is 0 Å². The van der Waals surface area contributed by atoms with E-state index < -0.39 is 0 Å². The Morgan fingerprint density at radius 3 is 1.94 bits per heavy atom. The molecule has 0 radical (unpaired) electrons. The van der Waals surface area contributed by atoms with Gasteiger partial charge in [0.1, 0.15) is 5.75 Å². The number of hydrogen-bond acceptors (Lipinski definition) is 5. The summed E-state index contributed by atoms with van der Waals surface area (Å²) in [7, 11) is 7.98. The highest BCUT2D eigenvalue weighted by Crippen LogP contribution is 2.34. The van der Waals surface area contributed by atoms with Crippen LogP contribution >= 0.6 is 0 Å². The summed E-state index contributed by atoms with van der Waals surface area (Å²) < 4.78 is 15.5. The van der Waals surface area contributed by atoms with Crippen LogP contribution in [-0.2, 0) is 0 Å². The minimum atomic E-state index is -0.280. The first-order chi connectivity index (χ1) is 8.53. The molecule has 18 heavy (non-hydrogen) atoms. The number of carbonyl (C=O) groups is 1. The highest BCUT2D eigenvalue weighted by atomic mass is 16.5. The molecule has 0 heterocycles. The predicted octanol–water partition coefficient (Wildman–Crippen LogP) is 0.919. The zero-order valence-electron chi connectivity index (χ0n) is 11.2. The van der Waals surface area contributed by atoms with Gasteiger partial charge in [-0.05, 0) is 0 Å². The van der Waals surface area contributed by atoms with Gasteiger partial charge in [-0.1, -0.05) is 0 Å². The van der Waals surface area contributed by atoms with Crippen LogP contribution in [0.1, 0.15) is 10.4 Å². The molecule has 1 aromatic rings. The van der Waals surface area contributed by atoms with Gasteiger partial charge in [0.2, 0.25) is 0 Å². The zero-order chi connectivity index (χ0) is 13.7. The molecule has 100 valence electrons. The van der Waals surface area contributed by atoms with Gasteiger partial charge in [-0.15, -0.1) is 0 Å². The zero-order valence-corrected chi connectivity index (χ0v) is 11.2. The predicted molar refractivity (Wildman–Crippen MR) is 67.3 cm³/mol. The molecule has 0 fully saturated rings. The van der Waals surface area contributed by atoms with Crippen molar-refractivity contribution in [3.8, 4) is 17.2 Å². The second kappa shape index (κ2) is 6.11. The summed E-state index contributed by atoms with van der Waals surface area (Å²) in [4.78, 5) is 12.0. The van der Waals surface area contributed by atoms with Crippen LogP contribution in [0.3, 0.4) is 0 Å². The van der Waals surface area contributed by atoms with E-state index in [1.165, 1.54) is 21.3 Å². The Labute approximate surface area is 106 Å². The third-order valence-corrected chi connectivity index (χ3v) is 2.28. The van der Waals surface area contributed by atoms with Gasteiger partial charge in [0, 0.05) is 26.2 Å². The smallest absolute Gasteiger partial charge is 0.269 e. The van der Waals surface area contributed by atoms with Crippen molar-refractivity contribution >= 4 is 5.91 Å². The van der Waals surface area contributed by atoms with Gasteiger partial charge >= 0.3 is 0 Å². The van der Waals surface area contributed by atoms with Gasteiger partial charge in [0.15, 0.2) is 11.5 Å². The quantitative estimate of drug-likeness (QED) is 0.792.